The van der Waals surface area contributed by atoms with Gasteiger partial charge in [-0.05, 0) is 83.6 Å². The Morgan fingerprint density at radius 1 is 0.980 bits per heavy atom. The average Bonchev–Trinajstić information content (AvgIpc) is 3.29. The van der Waals surface area contributed by atoms with Gasteiger partial charge in [0.15, 0.2) is 12.3 Å². The molecule has 2 amide bonds. The van der Waals surface area contributed by atoms with Crippen LogP contribution in [0.15, 0.2) is 96.7 Å². The number of aromatic nitrogens is 1. The molecule has 1 aliphatic rings. The van der Waals surface area contributed by atoms with Gasteiger partial charge in [-0.1, -0.05) is 43.7 Å². The molecule has 1 atom stereocenters. The van der Waals surface area contributed by atoms with Gasteiger partial charge in [0.2, 0.25) is 5.69 Å². The number of nitrogens with zero attached hydrogens (tertiary/aromatic N) is 2. The number of benzene rings is 3. The van der Waals surface area contributed by atoms with Gasteiger partial charge >= 0.3 is 12.1 Å². The summed E-state index contributed by atoms with van der Waals surface area (Å²) in [5.41, 5.74) is 2.81. The molecule has 0 radical (unpaired) electrons. The highest BCUT2D eigenvalue weighted by Gasteiger charge is 2.44. The first-order valence-electron chi connectivity index (χ1n) is 15.9. The van der Waals surface area contributed by atoms with E-state index in [1.165, 1.54) is 24.4 Å². The second-order valence-corrected chi connectivity index (χ2v) is 11.4. The standard InChI is InChI=1S/C37H36F3N3O6/c1-2-3-20-48-21-22-49-31-14-9-25(10-15-31)27-11-16-32-29(23-27)24-28(17-19-42(32)36(46)37(38,39)40)35(45)41-30-12-7-26(8-13-30)34(44)33-6-4-5-18-43(33)47/h4-16,18,23-24,34,44H,2-3,17,19-22H2,1H3,(H,41,45). The molecular formula is C37H36F3N3O6. The summed E-state index contributed by atoms with van der Waals surface area (Å²) in [6.45, 7) is 3.26. The molecule has 1 aliphatic heterocycles. The molecule has 9 nitrogen and oxygen atoms in total. The van der Waals surface area contributed by atoms with Gasteiger partial charge in [-0.25, -0.2) is 0 Å². The number of aliphatic hydroxyl groups excluding tert-OH is 1. The van der Waals surface area contributed by atoms with Gasteiger partial charge in [0.25, 0.3) is 5.91 Å². The van der Waals surface area contributed by atoms with Crippen molar-refractivity contribution in [1.29, 1.82) is 0 Å². The smallest absolute Gasteiger partial charge is 0.471 e. The highest BCUT2D eigenvalue weighted by atomic mass is 19.4. The summed E-state index contributed by atoms with van der Waals surface area (Å²) in [6.07, 6.45) is -1.65. The third kappa shape index (κ3) is 8.84. The number of ether oxygens (including phenoxy) is 2. The number of unbranched alkanes of at least 4 members (excludes halogenated alkanes) is 1. The maximum absolute atomic E-state index is 13.6. The summed E-state index contributed by atoms with van der Waals surface area (Å²) in [4.78, 5) is 26.5. The van der Waals surface area contributed by atoms with Crippen LogP contribution in [0.4, 0.5) is 24.5 Å². The Hall–Kier alpha value is -5.20. The molecule has 1 aromatic heterocycles. The van der Waals surface area contributed by atoms with Crippen molar-refractivity contribution in [2.45, 2.75) is 38.5 Å². The molecule has 4 aromatic rings. The van der Waals surface area contributed by atoms with Gasteiger partial charge < -0.3 is 30.0 Å². The number of carbonyl (C=O) groups is 2. The quantitative estimate of drug-likeness (QED) is 0.0996. The fourth-order valence-electron chi connectivity index (χ4n) is 5.35. The molecule has 3 aromatic carbocycles. The zero-order valence-corrected chi connectivity index (χ0v) is 26.8. The molecule has 2 N–H and O–H groups in total. The molecule has 0 fully saturated rings. The van der Waals surface area contributed by atoms with Crippen molar-refractivity contribution in [3.05, 3.63) is 119 Å². The normalized spacial score (nSPS) is 13.6. The minimum Gasteiger partial charge on any atom is -0.618 e. The Balaban J connectivity index is 1.35. The number of hydrogen-bond donors (Lipinski definition) is 2. The molecule has 0 bridgehead atoms. The van der Waals surface area contributed by atoms with Gasteiger partial charge in [-0.3, -0.25) is 9.59 Å². The predicted octanol–water partition coefficient (Wildman–Crippen LogP) is 6.59. The van der Waals surface area contributed by atoms with Crippen LogP contribution in [0.5, 0.6) is 5.75 Å². The van der Waals surface area contributed by atoms with Gasteiger partial charge in [-0.2, -0.15) is 17.9 Å². The number of rotatable bonds is 12. The molecule has 5 rings (SSSR count). The number of pyridine rings is 1. The van der Waals surface area contributed by atoms with Crippen molar-refractivity contribution < 1.29 is 42.1 Å². The molecule has 1 unspecified atom stereocenters. The van der Waals surface area contributed by atoms with Gasteiger partial charge in [-0.15, -0.1) is 0 Å². The Labute approximate surface area is 281 Å². The van der Waals surface area contributed by atoms with Gasteiger partial charge in [0, 0.05) is 36.5 Å². The number of alkyl halides is 3. The van der Waals surface area contributed by atoms with Gasteiger partial charge in [0.05, 0.1) is 12.3 Å². The molecule has 256 valence electrons. The lowest BCUT2D eigenvalue weighted by molar-refractivity contribution is -0.617. The van der Waals surface area contributed by atoms with Crippen LogP contribution in [-0.4, -0.2) is 49.5 Å². The molecule has 0 aliphatic carbocycles. The average molecular weight is 676 g/mol. The number of fused-ring (bicyclic) bond motifs is 1. The Morgan fingerprint density at radius 3 is 2.41 bits per heavy atom. The third-order valence-electron chi connectivity index (χ3n) is 7.98. The summed E-state index contributed by atoms with van der Waals surface area (Å²) >= 11 is 0. The van der Waals surface area contributed by atoms with Crippen molar-refractivity contribution in [2.24, 2.45) is 0 Å². The van der Waals surface area contributed by atoms with Crippen molar-refractivity contribution in [3.8, 4) is 16.9 Å². The van der Waals surface area contributed by atoms with E-state index in [9.17, 15) is 33.1 Å². The van der Waals surface area contributed by atoms with Crippen molar-refractivity contribution >= 4 is 29.3 Å². The number of amides is 2. The Morgan fingerprint density at radius 2 is 1.71 bits per heavy atom. The highest BCUT2D eigenvalue weighted by Crippen LogP contribution is 2.35. The summed E-state index contributed by atoms with van der Waals surface area (Å²) in [5, 5.41) is 25.4. The SMILES string of the molecule is CCCCOCCOc1ccc(-c2ccc3c(c2)C=C(C(=O)Nc2ccc(C(O)c4cccc[n+]4[O-])cc2)CCN3C(=O)C(F)(F)F)cc1. The zero-order chi connectivity index (χ0) is 35.0. The predicted molar refractivity (Wildman–Crippen MR) is 179 cm³/mol. The van der Waals surface area contributed by atoms with E-state index in [1.807, 2.05) is 12.1 Å². The highest BCUT2D eigenvalue weighted by molar-refractivity contribution is 6.09. The largest absolute Gasteiger partial charge is 0.618 e. The first-order chi connectivity index (χ1) is 23.5. The number of nitrogens with one attached hydrogen (secondary N) is 1. The van der Waals surface area contributed by atoms with Crippen molar-refractivity contribution in [3.63, 3.8) is 0 Å². The van der Waals surface area contributed by atoms with Crippen LogP contribution in [0, 0.1) is 5.21 Å². The summed E-state index contributed by atoms with van der Waals surface area (Å²) < 4.78 is 52.7. The lowest BCUT2D eigenvalue weighted by Crippen LogP contribution is -2.42. The molecule has 49 heavy (non-hydrogen) atoms. The van der Waals surface area contributed by atoms with E-state index in [1.54, 1.807) is 60.7 Å². The first-order valence-corrected chi connectivity index (χ1v) is 15.9. The van der Waals surface area contributed by atoms with Crippen LogP contribution in [0.1, 0.15) is 49.1 Å². The fourth-order valence-corrected chi connectivity index (χ4v) is 5.35. The lowest BCUT2D eigenvalue weighted by atomic mass is 10.00. The zero-order valence-electron chi connectivity index (χ0n) is 26.8. The second-order valence-electron chi connectivity index (χ2n) is 11.4. The maximum Gasteiger partial charge on any atom is 0.471 e. The van der Waals surface area contributed by atoms with E-state index in [2.05, 4.69) is 12.2 Å². The van der Waals surface area contributed by atoms with E-state index in [0.29, 0.717) is 52.0 Å². The third-order valence-corrected chi connectivity index (χ3v) is 7.98. The Kier molecular flexibility index (Phi) is 11.3. The minimum absolute atomic E-state index is 0.0340. The maximum atomic E-state index is 13.6. The van der Waals surface area contributed by atoms with Crippen LogP contribution in [0.2, 0.25) is 0 Å². The minimum atomic E-state index is -5.11. The monoisotopic (exact) mass is 675 g/mol. The summed E-state index contributed by atoms with van der Waals surface area (Å²) in [7, 11) is 0. The number of hydrogen-bond acceptors (Lipinski definition) is 6. The molecule has 12 heteroatoms. The van der Waals surface area contributed by atoms with Crippen LogP contribution < -0.4 is 19.7 Å². The molecule has 0 spiro atoms. The van der Waals surface area contributed by atoms with E-state index in [0.717, 1.165) is 18.4 Å². The second kappa shape index (κ2) is 15.8. The van der Waals surface area contributed by atoms with Crippen LogP contribution >= 0.6 is 0 Å². The topological polar surface area (TPSA) is 115 Å². The van der Waals surface area contributed by atoms with E-state index in [4.69, 9.17) is 9.47 Å². The molecule has 2 heterocycles. The number of anilines is 2. The first kappa shape index (κ1) is 35.1. The van der Waals surface area contributed by atoms with E-state index < -0.39 is 24.1 Å². The fraction of sp³-hybridized carbons (Fsp3) is 0.270. The molecule has 0 saturated carbocycles. The van der Waals surface area contributed by atoms with Crippen LogP contribution in [0.25, 0.3) is 17.2 Å². The van der Waals surface area contributed by atoms with Crippen molar-refractivity contribution in [1.82, 2.24) is 0 Å². The molecule has 0 saturated heterocycles. The van der Waals surface area contributed by atoms with E-state index >= 15 is 0 Å². The molecular weight excluding hydrogens is 639 g/mol. The number of carbonyl (C=O) groups excluding carboxylic acids is 2. The van der Waals surface area contributed by atoms with Crippen LogP contribution in [-0.2, 0) is 14.3 Å². The summed E-state index contributed by atoms with van der Waals surface area (Å²) in [5.74, 6) is -1.95. The number of aliphatic hydroxyl groups is 1. The van der Waals surface area contributed by atoms with Crippen LogP contribution in [0.3, 0.4) is 0 Å². The number of halogens is 3. The van der Waals surface area contributed by atoms with Crippen molar-refractivity contribution in [2.75, 3.05) is 36.6 Å². The van der Waals surface area contributed by atoms with Gasteiger partial charge in [0.1, 0.15) is 12.4 Å². The Bertz CT molecular complexity index is 1790. The lowest BCUT2D eigenvalue weighted by Gasteiger charge is -2.24. The van der Waals surface area contributed by atoms with E-state index in [-0.39, 0.29) is 35.5 Å². The summed E-state index contributed by atoms with van der Waals surface area (Å²) in [6, 6.07) is 22.8.